The van der Waals surface area contributed by atoms with Crippen LogP contribution in [0.4, 0.5) is 4.39 Å². The van der Waals surface area contributed by atoms with Gasteiger partial charge in [0.15, 0.2) is 0 Å². The van der Waals surface area contributed by atoms with Crippen molar-refractivity contribution in [3.8, 4) is 0 Å². The Kier molecular flexibility index (Phi) is 3.79. The number of fused-ring (bicyclic) bond motifs is 1. The fraction of sp³-hybridized carbons (Fsp3) is 0.333. The highest BCUT2D eigenvalue weighted by atomic mass is 19.1. The molecule has 1 heterocycles. The van der Waals surface area contributed by atoms with Crippen LogP contribution in [0.1, 0.15) is 39.4 Å². The molecule has 1 atom stereocenters. The minimum atomic E-state index is -0.175. The lowest BCUT2D eigenvalue weighted by atomic mass is 9.90. The molecular formula is C18H20FNO. The van der Waals surface area contributed by atoms with Gasteiger partial charge in [0.25, 0.3) is 0 Å². The molecular weight excluding hydrogens is 265 g/mol. The van der Waals surface area contributed by atoms with Gasteiger partial charge in [-0.2, -0.15) is 0 Å². The molecule has 0 saturated heterocycles. The van der Waals surface area contributed by atoms with Gasteiger partial charge in [-0.1, -0.05) is 18.2 Å². The average Bonchev–Trinajstić information content (AvgIpc) is 2.89. The summed E-state index contributed by atoms with van der Waals surface area (Å²) in [4.78, 5) is 0. The minimum absolute atomic E-state index is 0.0662. The van der Waals surface area contributed by atoms with E-state index in [0.29, 0.717) is 13.2 Å². The number of nitrogens with one attached hydrogen (secondary N) is 1. The maximum Gasteiger partial charge on any atom is 0.123 e. The van der Waals surface area contributed by atoms with Crippen LogP contribution in [0.25, 0.3) is 0 Å². The van der Waals surface area contributed by atoms with Crippen molar-refractivity contribution in [2.45, 2.75) is 33.1 Å². The van der Waals surface area contributed by atoms with E-state index in [9.17, 15) is 4.39 Å². The van der Waals surface area contributed by atoms with E-state index >= 15 is 0 Å². The Hall–Kier alpha value is -1.71. The van der Waals surface area contributed by atoms with E-state index in [1.807, 2.05) is 20.9 Å². The molecule has 3 heteroatoms. The van der Waals surface area contributed by atoms with Crippen molar-refractivity contribution < 1.29 is 9.13 Å². The lowest BCUT2D eigenvalue weighted by Gasteiger charge is -2.22. The molecule has 21 heavy (non-hydrogen) atoms. The predicted molar refractivity (Wildman–Crippen MR) is 81.7 cm³/mol. The maximum atomic E-state index is 13.5. The van der Waals surface area contributed by atoms with E-state index in [-0.39, 0.29) is 11.9 Å². The lowest BCUT2D eigenvalue weighted by Crippen LogP contribution is -2.20. The van der Waals surface area contributed by atoms with Gasteiger partial charge in [0.1, 0.15) is 5.82 Å². The number of hydrogen-bond donors (Lipinski definition) is 1. The third kappa shape index (κ3) is 2.59. The second kappa shape index (κ2) is 5.58. The summed E-state index contributed by atoms with van der Waals surface area (Å²) in [6.07, 6.45) is 0. The average molecular weight is 285 g/mol. The first kappa shape index (κ1) is 14.2. The van der Waals surface area contributed by atoms with Gasteiger partial charge in [-0.3, -0.25) is 0 Å². The number of aryl methyl sites for hydroxylation is 2. The van der Waals surface area contributed by atoms with Gasteiger partial charge >= 0.3 is 0 Å². The molecule has 3 rings (SSSR count). The largest absolute Gasteiger partial charge is 0.372 e. The van der Waals surface area contributed by atoms with Crippen LogP contribution in [0.5, 0.6) is 0 Å². The SMILES string of the molecule is CNC(c1ccc2c(c1)COC2)c1c(C)cc(F)cc1C. The summed E-state index contributed by atoms with van der Waals surface area (Å²) in [6, 6.07) is 9.74. The molecule has 0 radical (unpaired) electrons. The Bertz CT molecular complexity index is 658. The summed E-state index contributed by atoms with van der Waals surface area (Å²) >= 11 is 0. The topological polar surface area (TPSA) is 21.3 Å². The first-order valence-corrected chi connectivity index (χ1v) is 7.23. The maximum absolute atomic E-state index is 13.5. The molecule has 2 aromatic carbocycles. The van der Waals surface area contributed by atoms with Gasteiger partial charge < -0.3 is 10.1 Å². The highest BCUT2D eigenvalue weighted by molar-refractivity contribution is 5.44. The first-order chi connectivity index (χ1) is 10.1. The van der Waals surface area contributed by atoms with Crippen molar-refractivity contribution in [3.63, 3.8) is 0 Å². The van der Waals surface area contributed by atoms with Gasteiger partial charge in [0, 0.05) is 0 Å². The van der Waals surface area contributed by atoms with Crippen molar-refractivity contribution in [3.05, 3.63) is 69.5 Å². The van der Waals surface area contributed by atoms with Gasteiger partial charge in [0.2, 0.25) is 0 Å². The summed E-state index contributed by atoms with van der Waals surface area (Å²) < 4.78 is 19.0. The van der Waals surface area contributed by atoms with Crippen LogP contribution >= 0.6 is 0 Å². The number of halogens is 1. The van der Waals surface area contributed by atoms with Crippen LogP contribution in [0.2, 0.25) is 0 Å². The summed E-state index contributed by atoms with van der Waals surface area (Å²) in [6.45, 7) is 5.31. The molecule has 2 nitrogen and oxygen atoms in total. The summed E-state index contributed by atoms with van der Waals surface area (Å²) in [5, 5.41) is 3.36. The highest BCUT2D eigenvalue weighted by Gasteiger charge is 2.20. The minimum Gasteiger partial charge on any atom is -0.372 e. The van der Waals surface area contributed by atoms with Crippen LogP contribution in [-0.4, -0.2) is 7.05 Å². The van der Waals surface area contributed by atoms with Crippen LogP contribution < -0.4 is 5.32 Å². The van der Waals surface area contributed by atoms with Gasteiger partial charge in [-0.15, -0.1) is 0 Å². The molecule has 0 amide bonds. The second-order valence-corrected chi connectivity index (χ2v) is 5.70. The molecule has 110 valence electrons. The van der Waals surface area contributed by atoms with E-state index in [2.05, 4.69) is 23.5 Å². The van der Waals surface area contributed by atoms with Crippen LogP contribution in [-0.2, 0) is 18.0 Å². The Morgan fingerprint density at radius 1 is 1.05 bits per heavy atom. The van der Waals surface area contributed by atoms with E-state index in [0.717, 1.165) is 16.7 Å². The van der Waals surface area contributed by atoms with Crippen LogP contribution in [0, 0.1) is 19.7 Å². The molecule has 1 N–H and O–H groups in total. The van der Waals surface area contributed by atoms with Gasteiger partial charge in [-0.05, 0) is 66.4 Å². The molecule has 2 aromatic rings. The van der Waals surface area contributed by atoms with Crippen LogP contribution in [0.3, 0.4) is 0 Å². The second-order valence-electron chi connectivity index (χ2n) is 5.70. The van der Waals surface area contributed by atoms with E-state index in [1.165, 1.54) is 16.7 Å². The number of ether oxygens (including phenoxy) is 1. The Labute approximate surface area is 125 Å². The molecule has 0 bridgehead atoms. The van der Waals surface area contributed by atoms with Crippen molar-refractivity contribution in [1.29, 1.82) is 0 Å². The molecule has 1 aliphatic rings. The number of hydrogen-bond acceptors (Lipinski definition) is 2. The number of rotatable bonds is 3. The third-order valence-corrected chi connectivity index (χ3v) is 4.21. The first-order valence-electron chi connectivity index (χ1n) is 7.23. The highest BCUT2D eigenvalue weighted by Crippen LogP contribution is 2.31. The predicted octanol–water partition coefficient (Wildman–Crippen LogP) is 3.78. The molecule has 1 unspecified atom stereocenters. The van der Waals surface area contributed by atoms with Crippen molar-refractivity contribution in [1.82, 2.24) is 5.32 Å². The summed E-state index contributed by atoms with van der Waals surface area (Å²) in [5.41, 5.74) is 6.82. The Balaban J connectivity index is 2.07. The zero-order valence-electron chi connectivity index (χ0n) is 12.7. The quantitative estimate of drug-likeness (QED) is 0.926. The summed E-state index contributed by atoms with van der Waals surface area (Å²) in [7, 11) is 1.94. The van der Waals surface area contributed by atoms with E-state index in [1.54, 1.807) is 12.1 Å². The molecule has 0 aromatic heterocycles. The molecule has 0 fully saturated rings. The smallest absolute Gasteiger partial charge is 0.123 e. The Morgan fingerprint density at radius 2 is 1.71 bits per heavy atom. The standard InChI is InChI=1S/C18H20FNO/c1-11-6-16(19)7-12(2)17(11)18(20-3)13-4-5-14-9-21-10-15(14)8-13/h4-8,18,20H,9-10H2,1-3H3. The molecule has 0 spiro atoms. The van der Waals surface area contributed by atoms with Crippen molar-refractivity contribution in [2.75, 3.05) is 7.05 Å². The Morgan fingerprint density at radius 3 is 2.38 bits per heavy atom. The van der Waals surface area contributed by atoms with Crippen molar-refractivity contribution >= 4 is 0 Å². The van der Waals surface area contributed by atoms with E-state index < -0.39 is 0 Å². The van der Waals surface area contributed by atoms with Crippen molar-refractivity contribution in [2.24, 2.45) is 0 Å². The van der Waals surface area contributed by atoms with Gasteiger partial charge in [-0.25, -0.2) is 4.39 Å². The zero-order chi connectivity index (χ0) is 15.0. The summed E-state index contributed by atoms with van der Waals surface area (Å²) in [5.74, 6) is -0.175. The number of benzene rings is 2. The van der Waals surface area contributed by atoms with Gasteiger partial charge in [0.05, 0.1) is 19.3 Å². The third-order valence-electron chi connectivity index (χ3n) is 4.21. The molecule has 0 aliphatic carbocycles. The normalized spacial score (nSPS) is 15.0. The lowest BCUT2D eigenvalue weighted by molar-refractivity contribution is 0.134. The molecule has 1 aliphatic heterocycles. The van der Waals surface area contributed by atoms with E-state index in [4.69, 9.17) is 4.74 Å². The zero-order valence-corrected chi connectivity index (χ0v) is 12.7. The fourth-order valence-corrected chi connectivity index (χ4v) is 3.23. The fourth-order valence-electron chi connectivity index (χ4n) is 3.23. The van der Waals surface area contributed by atoms with Crippen LogP contribution in [0.15, 0.2) is 30.3 Å². The monoisotopic (exact) mass is 285 g/mol. The molecule has 0 saturated carbocycles.